The van der Waals surface area contributed by atoms with Gasteiger partial charge in [-0.15, -0.1) is 0 Å². The minimum Gasteiger partial charge on any atom is -0.454 e. The van der Waals surface area contributed by atoms with E-state index < -0.39 is 23.0 Å². The van der Waals surface area contributed by atoms with E-state index in [9.17, 15) is 18.8 Å². The second kappa shape index (κ2) is 14.3. The number of ether oxygens (including phenoxy) is 2. The first-order valence-corrected chi connectivity index (χ1v) is 14.9. The Labute approximate surface area is 267 Å². The van der Waals surface area contributed by atoms with Crippen LogP contribution in [0, 0.1) is 11.6 Å². The molecule has 47 heavy (non-hydrogen) atoms. The van der Waals surface area contributed by atoms with Gasteiger partial charge in [-0.3, -0.25) is 24.3 Å². The Hall–Kier alpha value is -5.53. The SMILES string of the molecule is O=C(NCCCN1CCOCC1)c1cc(Oc2ccc(NC(=O)c3cn(-c4ccc(F)cc4)c4ncccc4c3=O)cc2F)ccn1. The summed E-state index contributed by atoms with van der Waals surface area (Å²) in [6.45, 7) is 4.51. The number of carbonyl (C=O) groups excluding carboxylic acids is 2. The van der Waals surface area contributed by atoms with E-state index in [1.54, 1.807) is 6.07 Å². The molecule has 2 aromatic carbocycles. The van der Waals surface area contributed by atoms with Crippen molar-refractivity contribution in [2.75, 3.05) is 44.7 Å². The number of rotatable bonds is 10. The van der Waals surface area contributed by atoms with Gasteiger partial charge in [0.15, 0.2) is 11.6 Å². The fourth-order valence-corrected chi connectivity index (χ4v) is 5.13. The maximum Gasteiger partial charge on any atom is 0.270 e. The Morgan fingerprint density at radius 3 is 2.53 bits per heavy atom. The highest BCUT2D eigenvalue weighted by Gasteiger charge is 2.19. The summed E-state index contributed by atoms with van der Waals surface area (Å²) in [6.07, 6.45) is 4.99. The van der Waals surface area contributed by atoms with Gasteiger partial charge in [-0.2, -0.15) is 0 Å². The molecule has 6 rings (SSSR count). The van der Waals surface area contributed by atoms with Crippen LogP contribution in [0.1, 0.15) is 27.3 Å². The monoisotopic (exact) mass is 640 g/mol. The molecule has 0 aliphatic carbocycles. The van der Waals surface area contributed by atoms with E-state index in [0.29, 0.717) is 25.4 Å². The van der Waals surface area contributed by atoms with Crippen LogP contribution >= 0.6 is 0 Å². The average Bonchev–Trinajstić information content (AvgIpc) is 3.09. The molecule has 1 fully saturated rings. The lowest BCUT2D eigenvalue weighted by Gasteiger charge is -2.26. The zero-order valence-corrected chi connectivity index (χ0v) is 25.1. The zero-order valence-electron chi connectivity index (χ0n) is 25.1. The smallest absolute Gasteiger partial charge is 0.270 e. The number of amides is 2. The molecule has 0 saturated carbocycles. The van der Waals surface area contributed by atoms with E-state index in [-0.39, 0.29) is 45.4 Å². The van der Waals surface area contributed by atoms with Crippen LogP contribution in [-0.2, 0) is 4.74 Å². The molecule has 1 aliphatic heterocycles. The molecule has 11 nitrogen and oxygen atoms in total. The zero-order chi connectivity index (χ0) is 32.8. The Balaban J connectivity index is 1.12. The molecule has 2 N–H and O–H groups in total. The average molecular weight is 641 g/mol. The van der Waals surface area contributed by atoms with Crippen molar-refractivity contribution in [1.29, 1.82) is 0 Å². The minimum atomic E-state index is -0.792. The van der Waals surface area contributed by atoms with Crippen molar-refractivity contribution in [2.45, 2.75) is 6.42 Å². The van der Waals surface area contributed by atoms with Crippen LogP contribution in [0.5, 0.6) is 11.5 Å². The highest BCUT2D eigenvalue weighted by molar-refractivity contribution is 6.05. The number of anilines is 1. The molecule has 240 valence electrons. The topological polar surface area (TPSA) is 128 Å². The Kier molecular flexibility index (Phi) is 9.55. The number of halogens is 2. The van der Waals surface area contributed by atoms with Gasteiger partial charge in [-0.25, -0.2) is 13.8 Å². The lowest BCUT2D eigenvalue weighted by atomic mass is 10.1. The number of benzene rings is 2. The van der Waals surface area contributed by atoms with Gasteiger partial charge in [0.1, 0.15) is 28.5 Å². The van der Waals surface area contributed by atoms with Gasteiger partial charge >= 0.3 is 0 Å². The molecular formula is C34H30F2N6O5. The summed E-state index contributed by atoms with van der Waals surface area (Å²) in [5.41, 5.74) is 0.171. The van der Waals surface area contributed by atoms with E-state index in [2.05, 4.69) is 25.5 Å². The fraction of sp³-hybridized carbons (Fsp3) is 0.206. The number of carbonyl (C=O) groups is 2. The van der Waals surface area contributed by atoms with Gasteiger partial charge in [-0.1, -0.05) is 0 Å². The van der Waals surface area contributed by atoms with E-state index in [1.165, 1.54) is 77.8 Å². The molecule has 0 bridgehead atoms. The summed E-state index contributed by atoms with van der Waals surface area (Å²) in [5.74, 6) is -2.35. The largest absolute Gasteiger partial charge is 0.454 e. The summed E-state index contributed by atoms with van der Waals surface area (Å²) < 4.78 is 41.2. The molecular weight excluding hydrogens is 610 g/mol. The third-order valence-corrected chi connectivity index (χ3v) is 7.53. The van der Waals surface area contributed by atoms with Crippen molar-refractivity contribution >= 4 is 28.5 Å². The summed E-state index contributed by atoms with van der Waals surface area (Å²) >= 11 is 0. The maximum absolute atomic E-state index is 15.1. The first kappa shape index (κ1) is 31.5. The predicted molar refractivity (Wildman–Crippen MR) is 170 cm³/mol. The Bertz CT molecular complexity index is 1980. The number of aromatic nitrogens is 3. The van der Waals surface area contributed by atoms with Crippen molar-refractivity contribution in [2.24, 2.45) is 0 Å². The molecule has 0 spiro atoms. The number of fused-ring (bicyclic) bond motifs is 1. The van der Waals surface area contributed by atoms with Crippen LogP contribution in [0.15, 0.2) is 90.1 Å². The quantitative estimate of drug-likeness (QED) is 0.213. The van der Waals surface area contributed by atoms with Gasteiger partial charge in [0, 0.05) is 61.7 Å². The minimum absolute atomic E-state index is 0.0748. The van der Waals surface area contributed by atoms with E-state index >= 15 is 4.39 Å². The van der Waals surface area contributed by atoms with Crippen molar-refractivity contribution in [3.05, 3.63) is 118 Å². The highest BCUT2D eigenvalue weighted by atomic mass is 19.1. The second-order valence-corrected chi connectivity index (χ2v) is 10.7. The lowest BCUT2D eigenvalue weighted by Crippen LogP contribution is -2.38. The van der Waals surface area contributed by atoms with Gasteiger partial charge < -0.3 is 24.7 Å². The van der Waals surface area contributed by atoms with Crippen LogP contribution < -0.4 is 20.8 Å². The van der Waals surface area contributed by atoms with Crippen LogP contribution in [0.25, 0.3) is 16.7 Å². The van der Waals surface area contributed by atoms with Crippen LogP contribution in [0.4, 0.5) is 14.5 Å². The van der Waals surface area contributed by atoms with Gasteiger partial charge in [0.2, 0.25) is 5.43 Å². The first-order valence-electron chi connectivity index (χ1n) is 14.9. The maximum atomic E-state index is 15.1. The molecule has 5 aromatic rings. The Morgan fingerprint density at radius 2 is 1.74 bits per heavy atom. The molecule has 0 radical (unpaired) electrons. The normalized spacial score (nSPS) is 13.3. The van der Waals surface area contributed by atoms with Crippen LogP contribution in [-0.4, -0.2) is 70.6 Å². The summed E-state index contributed by atoms with van der Waals surface area (Å²) in [5, 5.41) is 5.57. The predicted octanol–water partition coefficient (Wildman–Crippen LogP) is 4.56. The van der Waals surface area contributed by atoms with Crippen molar-refractivity contribution in [1.82, 2.24) is 24.8 Å². The van der Waals surface area contributed by atoms with Crippen LogP contribution in [0.2, 0.25) is 0 Å². The van der Waals surface area contributed by atoms with E-state index in [4.69, 9.17) is 9.47 Å². The number of nitrogens with zero attached hydrogens (tertiary/aromatic N) is 4. The lowest BCUT2D eigenvalue weighted by molar-refractivity contribution is 0.0374. The number of pyridine rings is 3. The summed E-state index contributed by atoms with van der Waals surface area (Å²) in [6, 6.07) is 15.3. The molecule has 3 aromatic heterocycles. The number of nitrogens with one attached hydrogen (secondary N) is 2. The summed E-state index contributed by atoms with van der Waals surface area (Å²) in [4.78, 5) is 49.8. The number of hydrogen-bond acceptors (Lipinski definition) is 8. The second-order valence-electron chi connectivity index (χ2n) is 10.7. The Morgan fingerprint density at radius 1 is 0.936 bits per heavy atom. The van der Waals surface area contributed by atoms with Crippen molar-refractivity contribution in [3.8, 4) is 17.2 Å². The summed E-state index contributed by atoms with van der Waals surface area (Å²) in [7, 11) is 0. The molecule has 0 atom stereocenters. The molecule has 1 saturated heterocycles. The third kappa shape index (κ3) is 7.48. The number of hydrogen-bond donors (Lipinski definition) is 2. The van der Waals surface area contributed by atoms with Gasteiger partial charge in [0.05, 0.1) is 18.6 Å². The molecule has 13 heteroatoms. The van der Waals surface area contributed by atoms with Crippen molar-refractivity contribution < 1.29 is 27.8 Å². The molecule has 0 unspecified atom stereocenters. The number of morpholine rings is 1. The van der Waals surface area contributed by atoms with Gasteiger partial charge in [0.25, 0.3) is 11.8 Å². The van der Waals surface area contributed by atoms with Crippen molar-refractivity contribution in [3.63, 3.8) is 0 Å². The molecule has 4 heterocycles. The van der Waals surface area contributed by atoms with Crippen LogP contribution in [0.3, 0.4) is 0 Å². The fourth-order valence-electron chi connectivity index (χ4n) is 5.13. The standard InChI is InChI=1S/C34H30F2N6O5/c35-22-4-7-24(8-5-22)42-21-27(31(43)26-3-1-11-38-32(26)42)33(44)40-23-6-9-30(28(36)19-23)47-25-10-13-37-29(20-25)34(45)39-12-2-14-41-15-17-46-18-16-41/h1,3-11,13,19-21H,2,12,14-18H2,(H,39,45)(H,40,44). The van der Waals surface area contributed by atoms with E-state index in [0.717, 1.165) is 32.1 Å². The highest BCUT2D eigenvalue weighted by Crippen LogP contribution is 2.27. The third-order valence-electron chi connectivity index (χ3n) is 7.53. The molecule has 1 aliphatic rings. The van der Waals surface area contributed by atoms with Gasteiger partial charge in [-0.05, 0) is 67.6 Å². The molecule has 2 amide bonds. The first-order chi connectivity index (χ1) is 22.9. The van der Waals surface area contributed by atoms with E-state index in [1.807, 2.05) is 0 Å².